The second-order valence-electron chi connectivity index (χ2n) is 6.87. The number of rotatable bonds is 5. The Morgan fingerprint density at radius 1 is 1.31 bits per heavy atom. The second-order valence-corrected chi connectivity index (χ2v) is 6.87. The van der Waals surface area contributed by atoms with Crippen LogP contribution in [0, 0.1) is 5.82 Å². The van der Waals surface area contributed by atoms with E-state index in [1.165, 1.54) is 18.2 Å². The molecule has 0 atom stereocenters. The third kappa shape index (κ3) is 3.95. The summed E-state index contributed by atoms with van der Waals surface area (Å²) in [5.74, 6) is -0.391. The lowest BCUT2D eigenvalue weighted by atomic mass is 9.90. The van der Waals surface area contributed by atoms with Gasteiger partial charge >= 0.3 is 0 Å². The number of carbonyl (C=O) groups is 2. The number of benzene rings is 1. The van der Waals surface area contributed by atoms with Crippen molar-refractivity contribution in [3.05, 3.63) is 48.9 Å². The zero-order chi connectivity index (χ0) is 18.7. The largest absolute Gasteiger partial charge is 0.350 e. The van der Waals surface area contributed by atoms with Crippen LogP contribution in [0.4, 0.5) is 4.39 Å². The molecule has 1 saturated carbocycles. The Morgan fingerprint density at radius 2 is 2.04 bits per heavy atom. The predicted octanol–water partition coefficient (Wildman–Crippen LogP) is 2.85. The fourth-order valence-electron chi connectivity index (χ4n) is 3.64. The average molecular weight is 357 g/mol. The molecule has 138 valence electrons. The molecule has 0 spiro atoms. The van der Waals surface area contributed by atoms with Crippen LogP contribution < -0.4 is 5.32 Å². The molecule has 0 aliphatic heterocycles. The fourth-order valence-corrected chi connectivity index (χ4v) is 3.64. The molecule has 6 heteroatoms. The molecule has 0 radical (unpaired) electrons. The first-order valence-electron chi connectivity index (χ1n) is 8.91. The van der Waals surface area contributed by atoms with Crippen molar-refractivity contribution in [3.8, 4) is 0 Å². The van der Waals surface area contributed by atoms with E-state index in [4.69, 9.17) is 0 Å². The monoisotopic (exact) mass is 357 g/mol. The first kappa shape index (κ1) is 18.2. The van der Waals surface area contributed by atoms with E-state index in [9.17, 15) is 14.0 Å². The van der Waals surface area contributed by atoms with Crippen LogP contribution in [-0.4, -0.2) is 40.4 Å². The number of halogens is 1. The maximum Gasteiger partial charge on any atom is 0.243 e. The van der Waals surface area contributed by atoms with Gasteiger partial charge in [0.05, 0.1) is 0 Å². The summed E-state index contributed by atoms with van der Waals surface area (Å²) in [7, 11) is 1.83. The first-order chi connectivity index (χ1) is 12.5. The molecule has 5 nitrogen and oxygen atoms in total. The molecule has 1 fully saturated rings. The highest BCUT2D eigenvalue weighted by Gasteiger charge is 2.27. The second kappa shape index (κ2) is 7.72. The molecule has 3 rings (SSSR count). The van der Waals surface area contributed by atoms with E-state index < -0.39 is 0 Å². The van der Waals surface area contributed by atoms with Crippen molar-refractivity contribution in [1.82, 2.24) is 14.8 Å². The van der Waals surface area contributed by atoms with Crippen LogP contribution in [0.3, 0.4) is 0 Å². The minimum absolute atomic E-state index is 0.0328. The van der Waals surface area contributed by atoms with Crippen LogP contribution in [0.2, 0.25) is 0 Å². The van der Waals surface area contributed by atoms with Gasteiger partial charge in [-0.15, -0.1) is 0 Å². The normalized spacial score (nSPS) is 19.9. The van der Waals surface area contributed by atoms with Gasteiger partial charge in [-0.1, -0.05) is 6.58 Å². The molecule has 26 heavy (non-hydrogen) atoms. The van der Waals surface area contributed by atoms with Crippen molar-refractivity contribution in [2.45, 2.75) is 44.3 Å². The van der Waals surface area contributed by atoms with Gasteiger partial charge in [0, 0.05) is 36.2 Å². The van der Waals surface area contributed by atoms with Gasteiger partial charge in [0.25, 0.3) is 0 Å². The number of aromatic nitrogens is 1. The first-order valence-corrected chi connectivity index (χ1v) is 8.91. The Hall–Kier alpha value is -2.63. The highest BCUT2D eigenvalue weighted by molar-refractivity contribution is 5.87. The standard InChI is InChI=1S/C20H24FN3O2/c1-3-19(25)22-16-5-7-17(8-6-16)23(2)20(26)13-24-11-10-14-12-15(21)4-9-18(14)24/h3-4,9-12,16-17H,1,5-8,13H2,2H3,(H,22,25). The topological polar surface area (TPSA) is 54.3 Å². The molecule has 2 aromatic rings. The Labute approximate surface area is 152 Å². The molecule has 0 unspecified atom stereocenters. The third-order valence-corrected chi connectivity index (χ3v) is 5.21. The SMILES string of the molecule is C=CC(=O)NC1CCC(N(C)C(=O)Cn2ccc3cc(F)ccc32)CC1. The third-order valence-electron chi connectivity index (χ3n) is 5.21. The average Bonchev–Trinajstić information content (AvgIpc) is 3.03. The zero-order valence-electron chi connectivity index (χ0n) is 15.0. The minimum Gasteiger partial charge on any atom is -0.350 e. The summed E-state index contributed by atoms with van der Waals surface area (Å²) >= 11 is 0. The van der Waals surface area contributed by atoms with Gasteiger partial charge in [-0.05, 0) is 56.0 Å². The van der Waals surface area contributed by atoms with Crippen LogP contribution in [0.25, 0.3) is 10.9 Å². The number of fused-ring (bicyclic) bond motifs is 1. The minimum atomic E-state index is -0.279. The molecule has 1 aliphatic carbocycles. The number of hydrogen-bond acceptors (Lipinski definition) is 2. The number of carbonyl (C=O) groups excluding carboxylic acids is 2. The van der Waals surface area contributed by atoms with Crippen molar-refractivity contribution >= 4 is 22.7 Å². The fraction of sp³-hybridized carbons (Fsp3) is 0.400. The number of nitrogens with one attached hydrogen (secondary N) is 1. The lowest BCUT2D eigenvalue weighted by molar-refractivity contribution is -0.133. The van der Waals surface area contributed by atoms with Crippen molar-refractivity contribution in [3.63, 3.8) is 0 Å². The lowest BCUT2D eigenvalue weighted by Gasteiger charge is -2.35. The lowest BCUT2D eigenvalue weighted by Crippen LogP contribution is -2.45. The van der Waals surface area contributed by atoms with Gasteiger partial charge in [-0.25, -0.2) is 4.39 Å². The summed E-state index contributed by atoms with van der Waals surface area (Å²) in [6, 6.07) is 6.73. The molecule has 2 amide bonds. The van der Waals surface area contributed by atoms with Gasteiger partial charge in [0.1, 0.15) is 12.4 Å². The van der Waals surface area contributed by atoms with Gasteiger partial charge in [0.15, 0.2) is 0 Å². The Morgan fingerprint density at radius 3 is 2.73 bits per heavy atom. The van der Waals surface area contributed by atoms with Crippen LogP contribution in [-0.2, 0) is 16.1 Å². The number of hydrogen-bond donors (Lipinski definition) is 1. The van der Waals surface area contributed by atoms with E-state index >= 15 is 0 Å². The van der Waals surface area contributed by atoms with Gasteiger partial charge in [0.2, 0.25) is 11.8 Å². The molecule has 0 bridgehead atoms. The van der Waals surface area contributed by atoms with E-state index in [0.717, 1.165) is 36.6 Å². The van der Waals surface area contributed by atoms with Gasteiger partial charge in [-0.3, -0.25) is 9.59 Å². The van der Waals surface area contributed by atoms with Crippen molar-refractivity contribution in [2.75, 3.05) is 7.05 Å². The molecule has 0 saturated heterocycles. The van der Waals surface area contributed by atoms with Crippen LogP contribution in [0.5, 0.6) is 0 Å². The van der Waals surface area contributed by atoms with E-state index in [2.05, 4.69) is 11.9 Å². The van der Waals surface area contributed by atoms with E-state index in [1.54, 1.807) is 11.0 Å². The Kier molecular flexibility index (Phi) is 5.40. The molecule has 1 N–H and O–H groups in total. The van der Waals surface area contributed by atoms with Crippen LogP contribution >= 0.6 is 0 Å². The van der Waals surface area contributed by atoms with Gasteiger partial charge < -0.3 is 14.8 Å². The van der Waals surface area contributed by atoms with E-state index in [-0.39, 0.29) is 36.3 Å². The summed E-state index contributed by atoms with van der Waals surface area (Å²) in [5, 5.41) is 3.71. The molecule has 1 heterocycles. The molecule has 1 aromatic heterocycles. The Bertz CT molecular complexity index is 822. The van der Waals surface area contributed by atoms with Crippen LogP contribution in [0.15, 0.2) is 43.1 Å². The summed E-state index contributed by atoms with van der Waals surface area (Å²) in [6.45, 7) is 3.70. The number of likely N-dealkylation sites (N-methyl/N-ethyl adjacent to an activating group) is 1. The Balaban J connectivity index is 1.58. The molecule has 1 aliphatic rings. The quantitative estimate of drug-likeness (QED) is 0.837. The van der Waals surface area contributed by atoms with Crippen molar-refractivity contribution in [1.29, 1.82) is 0 Å². The predicted molar refractivity (Wildman–Crippen MR) is 99.0 cm³/mol. The highest BCUT2D eigenvalue weighted by Crippen LogP contribution is 2.23. The van der Waals surface area contributed by atoms with Crippen molar-refractivity contribution < 1.29 is 14.0 Å². The smallest absolute Gasteiger partial charge is 0.243 e. The maximum atomic E-state index is 13.3. The van der Waals surface area contributed by atoms with E-state index in [0.29, 0.717) is 0 Å². The summed E-state index contributed by atoms with van der Waals surface area (Å²) < 4.78 is 15.1. The number of amides is 2. The highest BCUT2D eigenvalue weighted by atomic mass is 19.1. The summed E-state index contributed by atoms with van der Waals surface area (Å²) in [6.07, 6.45) is 6.54. The zero-order valence-corrected chi connectivity index (χ0v) is 15.0. The molecular weight excluding hydrogens is 333 g/mol. The maximum absolute atomic E-state index is 13.3. The van der Waals surface area contributed by atoms with E-state index in [1.807, 2.05) is 23.9 Å². The van der Waals surface area contributed by atoms with Crippen molar-refractivity contribution in [2.24, 2.45) is 0 Å². The molecule has 1 aromatic carbocycles. The van der Waals surface area contributed by atoms with Gasteiger partial charge in [-0.2, -0.15) is 0 Å². The number of nitrogens with zero attached hydrogens (tertiary/aromatic N) is 2. The summed E-state index contributed by atoms with van der Waals surface area (Å²) in [5.41, 5.74) is 0.851. The van der Waals surface area contributed by atoms with Crippen LogP contribution in [0.1, 0.15) is 25.7 Å². The summed E-state index contributed by atoms with van der Waals surface area (Å²) in [4.78, 5) is 25.9. The molecular formula is C20H24FN3O2.